The summed E-state index contributed by atoms with van der Waals surface area (Å²) >= 11 is 0. The molecule has 0 bridgehead atoms. The van der Waals surface area contributed by atoms with Crippen molar-refractivity contribution in [2.45, 2.75) is 45.1 Å². The van der Waals surface area contributed by atoms with Crippen LogP contribution in [-0.2, 0) is 0 Å². The fourth-order valence-corrected chi connectivity index (χ4v) is 2.88. The third-order valence-corrected chi connectivity index (χ3v) is 4.26. The Morgan fingerprint density at radius 1 is 1.37 bits per heavy atom. The summed E-state index contributed by atoms with van der Waals surface area (Å²) in [5.41, 5.74) is 0.111. The van der Waals surface area contributed by atoms with Gasteiger partial charge in [-0.2, -0.15) is 0 Å². The Kier molecular flexibility index (Phi) is 4.40. The molecule has 104 valence electrons. The van der Waals surface area contributed by atoms with Crippen molar-refractivity contribution in [3.63, 3.8) is 0 Å². The van der Waals surface area contributed by atoms with E-state index in [-0.39, 0.29) is 5.69 Å². The van der Waals surface area contributed by atoms with E-state index in [1.54, 1.807) is 6.07 Å². The number of aromatic nitrogens is 1. The first kappa shape index (κ1) is 13.8. The van der Waals surface area contributed by atoms with Gasteiger partial charge < -0.3 is 10.0 Å². The van der Waals surface area contributed by atoms with E-state index in [0.29, 0.717) is 12.0 Å². The molecule has 1 atom stereocenters. The molecule has 1 N–H and O–H groups in total. The number of nitrogens with zero attached hydrogens (tertiary/aromatic N) is 2. The molecule has 0 aromatic carbocycles. The van der Waals surface area contributed by atoms with Crippen molar-refractivity contribution >= 4 is 11.8 Å². The van der Waals surface area contributed by atoms with Crippen molar-refractivity contribution in [2.75, 3.05) is 11.9 Å². The summed E-state index contributed by atoms with van der Waals surface area (Å²) in [7, 11) is 2.01. The van der Waals surface area contributed by atoms with Crippen molar-refractivity contribution in [1.29, 1.82) is 0 Å². The van der Waals surface area contributed by atoms with Crippen LogP contribution >= 0.6 is 0 Å². The maximum absolute atomic E-state index is 11.0. The van der Waals surface area contributed by atoms with E-state index in [1.165, 1.54) is 38.2 Å². The molecule has 4 nitrogen and oxygen atoms in total. The van der Waals surface area contributed by atoms with Crippen molar-refractivity contribution in [2.24, 2.45) is 5.92 Å². The van der Waals surface area contributed by atoms with Gasteiger partial charge in [-0.15, -0.1) is 0 Å². The zero-order chi connectivity index (χ0) is 13.8. The average Bonchev–Trinajstić information content (AvgIpc) is 2.46. The molecule has 0 aliphatic heterocycles. The second-order valence-electron chi connectivity index (χ2n) is 5.44. The Morgan fingerprint density at radius 3 is 2.68 bits per heavy atom. The molecule has 2 rings (SSSR count). The lowest BCUT2D eigenvalue weighted by Crippen LogP contribution is -2.37. The lowest BCUT2D eigenvalue weighted by atomic mass is 9.84. The van der Waals surface area contributed by atoms with E-state index >= 15 is 0 Å². The number of carboxylic acids is 1. The van der Waals surface area contributed by atoms with E-state index in [2.05, 4.69) is 16.8 Å². The number of pyridine rings is 1. The zero-order valence-electron chi connectivity index (χ0n) is 11.7. The van der Waals surface area contributed by atoms with Gasteiger partial charge >= 0.3 is 5.97 Å². The molecule has 19 heavy (non-hydrogen) atoms. The second-order valence-corrected chi connectivity index (χ2v) is 5.44. The predicted octanol–water partition coefficient (Wildman–Crippen LogP) is 3.18. The molecule has 1 fully saturated rings. The molecular formula is C15H22N2O2. The van der Waals surface area contributed by atoms with Gasteiger partial charge in [-0.1, -0.05) is 25.3 Å². The first-order valence-corrected chi connectivity index (χ1v) is 7.03. The van der Waals surface area contributed by atoms with Crippen LogP contribution in [0.4, 0.5) is 5.82 Å². The molecule has 1 aromatic rings. The van der Waals surface area contributed by atoms with E-state index in [4.69, 9.17) is 5.11 Å². The molecular weight excluding hydrogens is 240 g/mol. The topological polar surface area (TPSA) is 53.4 Å². The highest BCUT2D eigenvalue weighted by molar-refractivity contribution is 5.85. The fourth-order valence-electron chi connectivity index (χ4n) is 2.88. The number of hydrogen-bond acceptors (Lipinski definition) is 3. The maximum atomic E-state index is 11.0. The molecule has 0 saturated heterocycles. The number of carboxylic acid groups (broad SMARTS) is 1. The van der Waals surface area contributed by atoms with Crippen LogP contribution in [0.1, 0.15) is 49.5 Å². The number of hydrogen-bond donors (Lipinski definition) is 1. The summed E-state index contributed by atoms with van der Waals surface area (Å²) in [6.45, 7) is 2.21. The molecule has 4 heteroatoms. The van der Waals surface area contributed by atoms with Crippen molar-refractivity contribution in [1.82, 2.24) is 4.98 Å². The van der Waals surface area contributed by atoms with Crippen LogP contribution in [0.2, 0.25) is 0 Å². The number of rotatable bonds is 4. The van der Waals surface area contributed by atoms with Gasteiger partial charge in [-0.05, 0) is 37.8 Å². The molecule has 0 amide bonds. The number of aromatic carboxylic acids is 1. The highest BCUT2D eigenvalue weighted by Gasteiger charge is 2.24. The standard InChI is InChI=1S/C15H22N2O2/c1-11(12-7-4-3-5-8-12)17(2)14-10-6-9-13(16-14)15(18)19/h6,9-12H,3-5,7-8H2,1-2H3,(H,18,19). The summed E-state index contributed by atoms with van der Waals surface area (Å²) < 4.78 is 0. The first-order valence-electron chi connectivity index (χ1n) is 7.03. The highest BCUT2D eigenvalue weighted by atomic mass is 16.4. The molecule has 0 radical (unpaired) electrons. The Morgan fingerprint density at radius 2 is 2.05 bits per heavy atom. The van der Waals surface area contributed by atoms with Gasteiger partial charge in [-0.3, -0.25) is 0 Å². The maximum Gasteiger partial charge on any atom is 0.354 e. The van der Waals surface area contributed by atoms with Crippen molar-refractivity contribution < 1.29 is 9.90 Å². The quantitative estimate of drug-likeness (QED) is 0.905. The minimum atomic E-state index is -0.972. The van der Waals surface area contributed by atoms with E-state index in [1.807, 2.05) is 13.1 Å². The summed E-state index contributed by atoms with van der Waals surface area (Å²) in [6.07, 6.45) is 6.50. The summed E-state index contributed by atoms with van der Waals surface area (Å²) in [6, 6.07) is 5.57. The van der Waals surface area contributed by atoms with Crippen molar-refractivity contribution in [3.05, 3.63) is 23.9 Å². The van der Waals surface area contributed by atoms with E-state index < -0.39 is 5.97 Å². The van der Waals surface area contributed by atoms with Gasteiger partial charge in [0.15, 0.2) is 5.69 Å². The van der Waals surface area contributed by atoms with Gasteiger partial charge in [0.25, 0.3) is 0 Å². The first-order chi connectivity index (χ1) is 9.09. The van der Waals surface area contributed by atoms with E-state index in [9.17, 15) is 4.79 Å². The molecule has 1 heterocycles. The van der Waals surface area contributed by atoms with Crippen LogP contribution in [0.25, 0.3) is 0 Å². The largest absolute Gasteiger partial charge is 0.477 e. The van der Waals surface area contributed by atoms with Gasteiger partial charge in [0.2, 0.25) is 0 Å². The fraction of sp³-hybridized carbons (Fsp3) is 0.600. The lowest BCUT2D eigenvalue weighted by molar-refractivity contribution is 0.0690. The Balaban J connectivity index is 2.11. The molecule has 1 aliphatic rings. The Labute approximate surface area is 114 Å². The smallest absolute Gasteiger partial charge is 0.354 e. The van der Waals surface area contributed by atoms with Gasteiger partial charge in [0.05, 0.1) is 0 Å². The van der Waals surface area contributed by atoms with Crippen LogP contribution < -0.4 is 4.90 Å². The molecule has 1 aromatic heterocycles. The summed E-state index contributed by atoms with van der Waals surface area (Å²) in [5.74, 6) is 0.465. The monoisotopic (exact) mass is 262 g/mol. The minimum Gasteiger partial charge on any atom is -0.477 e. The predicted molar refractivity (Wildman–Crippen MR) is 75.6 cm³/mol. The van der Waals surface area contributed by atoms with Crippen LogP contribution in [0.15, 0.2) is 18.2 Å². The summed E-state index contributed by atoms with van der Waals surface area (Å²) in [4.78, 5) is 17.3. The van der Waals surface area contributed by atoms with Crippen LogP contribution in [0.5, 0.6) is 0 Å². The third kappa shape index (κ3) is 3.25. The normalized spacial score (nSPS) is 18.0. The SMILES string of the molecule is CC(C1CCCCC1)N(C)c1cccc(C(=O)O)n1. The van der Waals surface area contributed by atoms with Crippen LogP contribution in [-0.4, -0.2) is 29.1 Å². The highest BCUT2D eigenvalue weighted by Crippen LogP contribution is 2.29. The van der Waals surface area contributed by atoms with Gasteiger partial charge in [0.1, 0.15) is 5.82 Å². The minimum absolute atomic E-state index is 0.111. The Bertz CT molecular complexity index is 442. The number of carbonyl (C=O) groups is 1. The Hall–Kier alpha value is -1.58. The van der Waals surface area contributed by atoms with Gasteiger partial charge in [0, 0.05) is 13.1 Å². The lowest BCUT2D eigenvalue weighted by Gasteiger charge is -2.35. The third-order valence-electron chi connectivity index (χ3n) is 4.26. The molecule has 0 spiro atoms. The van der Waals surface area contributed by atoms with Crippen LogP contribution in [0.3, 0.4) is 0 Å². The van der Waals surface area contributed by atoms with E-state index in [0.717, 1.165) is 5.82 Å². The zero-order valence-corrected chi connectivity index (χ0v) is 11.7. The second kappa shape index (κ2) is 6.04. The molecule has 1 unspecified atom stereocenters. The van der Waals surface area contributed by atoms with Crippen molar-refractivity contribution in [3.8, 4) is 0 Å². The van der Waals surface area contributed by atoms with Gasteiger partial charge in [-0.25, -0.2) is 9.78 Å². The number of anilines is 1. The average molecular weight is 262 g/mol. The molecule has 1 saturated carbocycles. The molecule has 1 aliphatic carbocycles. The van der Waals surface area contributed by atoms with Crippen LogP contribution in [0, 0.1) is 5.92 Å². The summed E-state index contributed by atoms with van der Waals surface area (Å²) in [5, 5.41) is 9.00.